The van der Waals surface area contributed by atoms with E-state index in [1.807, 2.05) is 0 Å². The van der Waals surface area contributed by atoms with E-state index in [0.29, 0.717) is 49.7 Å². The Labute approximate surface area is 195 Å². The highest BCUT2D eigenvalue weighted by Gasteiger charge is 2.46. The van der Waals surface area contributed by atoms with Crippen LogP contribution in [0.3, 0.4) is 0 Å². The van der Waals surface area contributed by atoms with Crippen LogP contribution >= 0.6 is 0 Å². The first-order valence-corrected chi connectivity index (χ1v) is 12.1. The third-order valence-corrected chi connectivity index (χ3v) is 7.61. The summed E-state index contributed by atoms with van der Waals surface area (Å²) in [6.07, 6.45) is -1.23. The van der Waals surface area contributed by atoms with Crippen LogP contribution in [0, 0.1) is 35.3 Å². The molecule has 0 radical (unpaired) electrons. The molecule has 34 heavy (non-hydrogen) atoms. The zero-order valence-corrected chi connectivity index (χ0v) is 19.3. The van der Waals surface area contributed by atoms with Crippen LogP contribution in [-0.2, 0) is 6.42 Å². The van der Waals surface area contributed by atoms with Gasteiger partial charge in [-0.3, -0.25) is 0 Å². The third-order valence-electron chi connectivity index (χ3n) is 7.61. The van der Waals surface area contributed by atoms with Gasteiger partial charge >= 0.3 is 12.5 Å². The lowest BCUT2D eigenvalue weighted by Crippen LogP contribution is -2.36. The number of hydrogen-bond acceptors (Lipinski definition) is 1. The summed E-state index contributed by atoms with van der Waals surface area (Å²) in [5, 5.41) is 0. The number of rotatable bonds is 9. The van der Waals surface area contributed by atoms with E-state index in [2.05, 4.69) is 11.7 Å². The molecule has 194 valence electrons. The molecule has 3 rings (SSSR count). The Bertz CT molecular complexity index is 773. The summed E-state index contributed by atoms with van der Waals surface area (Å²) in [7, 11) is 0. The molecule has 9 heteroatoms. The fraction of sp³-hybridized carbons (Fsp3) is 0.760. The smallest absolute Gasteiger partial charge is 0.422 e. The number of ether oxygens (including phenoxy) is 1. The van der Waals surface area contributed by atoms with E-state index >= 15 is 0 Å². The maximum atomic E-state index is 14.9. The van der Waals surface area contributed by atoms with E-state index < -0.39 is 53.7 Å². The maximum absolute atomic E-state index is 14.9. The zero-order chi connectivity index (χ0) is 25.1. The summed E-state index contributed by atoms with van der Waals surface area (Å²) >= 11 is 0. The minimum absolute atomic E-state index is 0.319. The quantitative estimate of drug-likeness (QED) is 0.308. The molecule has 2 fully saturated rings. The molecule has 2 aliphatic rings. The second-order valence-corrected chi connectivity index (χ2v) is 9.97. The first-order chi connectivity index (χ1) is 15.9. The summed E-state index contributed by atoms with van der Waals surface area (Å²) in [5.41, 5.74) is -0.441. The van der Waals surface area contributed by atoms with Crippen LogP contribution in [0.4, 0.5) is 35.1 Å². The average Bonchev–Trinajstić information content (AvgIpc) is 2.77. The molecule has 0 unspecified atom stereocenters. The predicted octanol–water partition coefficient (Wildman–Crippen LogP) is 8.79. The van der Waals surface area contributed by atoms with Crippen molar-refractivity contribution in [3.8, 4) is 5.75 Å². The van der Waals surface area contributed by atoms with Crippen molar-refractivity contribution in [1.29, 1.82) is 0 Å². The van der Waals surface area contributed by atoms with Gasteiger partial charge in [0, 0.05) is 12.3 Å². The topological polar surface area (TPSA) is 9.23 Å². The molecule has 0 N–H and O–H groups in total. The molecule has 1 aromatic rings. The van der Waals surface area contributed by atoms with E-state index in [1.165, 1.54) is 25.7 Å². The maximum Gasteiger partial charge on any atom is 0.461 e. The Kier molecular flexibility index (Phi) is 8.77. The molecule has 2 saturated carbocycles. The van der Waals surface area contributed by atoms with Crippen LogP contribution in [0.15, 0.2) is 12.1 Å². The summed E-state index contributed by atoms with van der Waals surface area (Å²) in [4.78, 5) is 0. The van der Waals surface area contributed by atoms with E-state index in [1.54, 1.807) is 0 Å². The van der Waals surface area contributed by atoms with Gasteiger partial charge in [0.25, 0.3) is 5.92 Å². The molecule has 0 aliphatic heterocycles. The molecule has 0 spiro atoms. The Hall–Kier alpha value is -1.54. The van der Waals surface area contributed by atoms with Gasteiger partial charge in [-0.1, -0.05) is 32.6 Å². The lowest BCUT2D eigenvalue weighted by molar-refractivity contribution is -0.255. The van der Waals surface area contributed by atoms with Crippen molar-refractivity contribution in [1.82, 2.24) is 0 Å². The minimum atomic E-state index is -5.11. The van der Waals surface area contributed by atoms with E-state index in [9.17, 15) is 35.1 Å². The summed E-state index contributed by atoms with van der Waals surface area (Å²) in [5.74, 6) is -7.57. The molecular weight excluding hydrogens is 468 g/mol. The van der Waals surface area contributed by atoms with Crippen LogP contribution in [0.5, 0.6) is 5.75 Å². The number of alkyl halides is 6. The van der Waals surface area contributed by atoms with Crippen LogP contribution in [0.2, 0.25) is 0 Å². The Balaban J connectivity index is 1.57. The van der Waals surface area contributed by atoms with Gasteiger partial charge in [0.15, 0.2) is 17.4 Å². The summed E-state index contributed by atoms with van der Waals surface area (Å²) in [6, 6.07) is 0.877. The first-order valence-electron chi connectivity index (χ1n) is 12.1. The van der Waals surface area contributed by atoms with Gasteiger partial charge in [-0.2, -0.15) is 17.6 Å². The third kappa shape index (κ3) is 6.56. The van der Waals surface area contributed by atoms with Gasteiger partial charge < -0.3 is 4.74 Å². The number of hydrogen-bond donors (Lipinski definition) is 0. The second-order valence-electron chi connectivity index (χ2n) is 9.97. The fourth-order valence-electron chi connectivity index (χ4n) is 5.78. The zero-order valence-electron chi connectivity index (χ0n) is 19.3. The lowest BCUT2D eigenvalue weighted by Gasteiger charge is -2.39. The predicted molar refractivity (Wildman–Crippen MR) is 112 cm³/mol. The average molecular weight is 501 g/mol. The van der Waals surface area contributed by atoms with Crippen LogP contribution < -0.4 is 4.74 Å². The molecule has 0 saturated heterocycles. The van der Waals surface area contributed by atoms with Crippen LogP contribution in [0.1, 0.15) is 76.7 Å². The highest BCUT2D eigenvalue weighted by Crippen LogP contribution is 2.46. The minimum Gasteiger partial charge on any atom is -0.422 e. The van der Waals surface area contributed by atoms with Crippen molar-refractivity contribution < 1.29 is 39.9 Å². The SMILES string of the molecule is CCCC1CCC(C2CCC(C(F)(F)Cc3cc(F)c(OC(F)(F)C(F)F)c(F)c3)CC2)CC1. The Morgan fingerprint density at radius 1 is 0.853 bits per heavy atom. The van der Waals surface area contributed by atoms with Gasteiger partial charge in [-0.15, -0.1) is 0 Å². The standard InChI is InChI=1S/C25H32F8O/c1-2-3-15-4-6-17(7-5-15)18-8-10-19(11-9-18)24(30,31)14-16-12-20(26)22(21(27)13-16)34-25(32,33)23(28)29/h12-13,15,17-19,23H,2-11,14H2,1H3. The molecule has 0 atom stereocenters. The molecule has 1 aromatic carbocycles. The van der Waals surface area contributed by atoms with Gasteiger partial charge in [0.1, 0.15) is 0 Å². The van der Waals surface area contributed by atoms with E-state index in [-0.39, 0.29) is 0 Å². The largest absolute Gasteiger partial charge is 0.461 e. The first kappa shape index (κ1) is 27.1. The van der Waals surface area contributed by atoms with Crippen molar-refractivity contribution in [2.45, 2.75) is 96.0 Å². The van der Waals surface area contributed by atoms with E-state index in [4.69, 9.17) is 0 Å². The molecule has 0 amide bonds. The Morgan fingerprint density at radius 3 is 1.82 bits per heavy atom. The highest BCUT2D eigenvalue weighted by atomic mass is 19.3. The summed E-state index contributed by atoms with van der Waals surface area (Å²) < 4.78 is 112. The number of halogens is 8. The van der Waals surface area contributed by atoms with Crippen LogP contribution in [-0.4, -0.2) is 18.5 Å². The molecule has 0 heterocycles. The molecule has 0 aromatic heterocycles. The van der Waals surface area contributed by atoms with Crippen molar-refractivity contribution in [3.05, 3.63) is 29.3 Å². The monoisotopic (exact) mass is 500 g/mol. The van der Waals surface area contributed by atoms with Crippen molar-refractivity contribution >= 4 is 0 Å². The fourth-order valence-corrected chi connectivity index (χ4v) is 5.78. The van der Waals surface area contributed by atoms with Gasteiger partial charge in [-0.25, -0.2) is 17.6 Å². The Morgan fingerprint density at radius 2 is 1.35 bits per heavy atom. The molecule has 2 aliphatic carbocycles. The second kappa shape index (κ2) is 11.0. The molecular formula is C25H32F8O. The van der Waals surface area contributed by atoms with Crippen molar-refractivity contribution in [2.75, 3.05) is 0 Å². The van der Waals surface area contributed by atoms with Crippen molar-refractivity contribution in [2.24, 2.45) is 23.7 Å². The lowest BCUT2D eigenvalue weighted by atomic mass is 9.67. The van der Waals surface area contributed by atoms with Crippen LogP contribution in [0.25, 0.3) is 0 Å². The van der Waals surface area contributed by atoms with Gasteiger partial charge in [0.2, 0.25) is 0 Å². The number of benzene rings is 1. The molecule has 0 bridgehead atoms. The summed E-state index contributed by atoms with van der Waals surface area (Å²) in [6.45, 7) is 2.18. The van der Waals surface area contributed by atoms with Gasteiger partial charge in [0.05, 0.1) is 0 Å². The van der Waals surface area contributed by atoms with Crippen molar-refractivity contribution in [3.63, 3.8) is 0 Å². The van der Waals surface area contributed by atoms with Gasteiger partial charge in [-0.05, 0) is 74.0 Å². The normalized spacial score (nSPS) is 26.6. The molecule has 1 nitrogen and oxygen atoms in total. The van der Waals surface area contributed by atoms with E-state index in [0.717, 1.165) is 18.8 Å². The highest BCUT2D eigenvalue weighted by molar-refractivity contribution is 5.32.